The third-order valence-corrected chi connectivity index (χ3v) is 5.54. The second-order valence-corrected chi connectivity index (χ2v) is 8.39. The Kier molecular flexibility index (Phi) is 6.67. The van der Waals surface area contributed by atoms with Gasteiger partial charge in [-0.05, 0) is 60.1 Å². The van der Waals surface area contributed by atoms with Crippen molar-refractivity contribution in [3.63, 3.8) is 0 Å². The molecule has 0 N–H and O–H groups in total. The molecule has 0 aliphatic rings. The summed E-state index contributed by atoms with van der Waals surface area (Å²) in [7, 11) is 2.20. The van der Waals surface area contributed by atoms with Crippen LogP contribution in [0.4, 0.5) is 0 Å². The van der Waals surface area contributed by atoms with Crippen LogP contribution in [-0.2, 0) is 19.9 Å². The van der Waals surface area contributed by atoms with Crippen LogP contribution in [0.3, 0.4) is 0 Å². The molecule has 1 aromatic heterocycles. The van der Waals surface area contributed by atoms with Gasteiger partial charge in [-0.3, -0.25) is 0 Å². The lowest BCUT2D eigenvalue weighted by molar-refractivity contribution is -0.668. The highest BCUT2D eigenvalue weighted by atomic mass is 14.9. The van der Waals surface area contributed by atoms with E-state index in [-0.39, 0.29) is 0 Å². The number of aromatic nitrogens is 1. The van der Waals surface area contributed by atoms with E-state index in [1.54, 1.807) is 0 Å². The normalized spacial score (nSPS) is 11.2. The van der Waals surface area contributed by atoms with Crippen LogP contribution in [0.2, 0.25) is 0 Å². The lowest BCUT2D eigenvalue weighted by Gasteiger charge is -2.11. The molecular weight excluding hydrogens is 338 g/mol. The van der Waals surface area contributed by atoms with Crippen molar-refractivity contribution in [2.45, 2.75) is 53.4 Å². The standard InChI is InChI=1S/C27H34N/c1-6-7-12-25-13-9-14-27(28(25)5)26-19-24(16-15-21(26)4)23-11-8-10-22(18-23)17-20(2)3/h8-11,13-16,18-20H,6-7,12,17H2,1-5H3/q+1. The highest BCUT2D eigenvalue weighted by Crippen LogP contribution is 2.29. The summed E-state index contributed by atoms with van der Waals surface area (Å²) < 4.78 is 2.37. The second-order valence-electron chi connectivity index (χ2n) is 8.39. The first kappa shape index (κ1) is 20.3. The smallest absolute Gasteiger partial charge is 0.198 e. The summed E-state index contributed by atoms with van der Waals surface area (Å²) in [6.45, 7) is 9.03. The maximum atomic E-state index is 2.37. The number of nitrogens with zero attached hydrogens (tertiary/aromatic N) is 1. The highest BCUT2D eigenvalue weighted by molar-refractivity contribution is 5.73. The minimum Gasteiger partial charge on any atom is -0.198 e. The summed E-state index contributed by atoms with van der Waals surface area (Å²) in [5.41, 5.74) is 9.38. The molecule has 0 aliphatic heterocycles. The van der Waals surface area contributed by atoms with E-state index in [0.29, 0.717) is 5.92 Å². The molecule has 2 aromatic carbocycles. The van der Waals surface area contributed by atoms with Gasteiger partial charge in [-0.2, -0.15) is 4.57 Å². The SMILES string of the molecule is CCCCc1cccc(-c2cc(-c3cccc(CC(C)C)c3)ccc2C)[n+]1C. The van der Waals surface area contributed by atoms with Gasteiger partial charge < -0.3 is 0 Å². The number of benzene rings is 2. The number of pyridine rings is 1. The molecule has 1 nitrogen and oxygen atoms in total. The average molecular weight is 373 g/mol. The fraction of sp³-hybridized carbons (Fsp3) is 0.370. The average Bonchev–Trinajstić information content (AvgIpc) is 2.67. The van der Waals surface area contributed by atoms with Gasteiger partial charge in [-0.25, -0.2) is 0 Å². The lowest BCUT2D eigenvalue weighted by atomic mass is 9.94. The lowest BCUT2D eigenvalue weighted by Crippen LogP contribution is -2.36. The van der Waals surface area contributed by atoms with Gasteiger partial charge in [-0.1, -0.05) is 63.6 Å². The Hall–Kier alpha value is -2.41. The van der Waals surface area contributed by atoms with E-state index in [2.05, 4.69) is 100.0 Å². The number of hydrogen-bond donors (Lipinski definition) is 0. The van der Waals surface area contributed by atoms with E-state index in [9.17, 15) is 0 Å². The minimum atomic E-state index is 0.675. The van der Waals surface area contributed by atoms with Crippen LogP contribution < -0.4 is 4.57 Å². The van der Waals surface area contributed by atoms with Crippen molar-refractivity contribution in [1.82, 2.24) is 0 Å². The summed E-state index contributed by atoms with van der Waals surface area (Å²) in [5, 5.41) is 0. The summed E-state index contributed by atoms with van der Waals surface area (Å²) in [6.07, 6.45) is 4.72. The van der Waals surface area contributed by atoms with Crippen LogP contribution >= 0.6 is 0 Å². The molecule has 0 spiro atoms. The van der Waals surface area contributed by atoms with Gasteiger partial charge in [-0.15, -0.1) is 0 Å². The number of hydrogen-bond acceptors (Lipinski definition) is 0. The molecule has 0 fully saturated rings. The third kappa shape index (κ3) is 4.70. The third-order valence-electron chi connectivity index (χ3n) is 5.54. The zero-order valence-corrected chi connectivity index (χ0v) is 18.1. The van der Waals surface area contributed by atoms with Gasteiger partial charge in [0.05, 0.1) is 0 Å². The van der Waals surface area contributed by atoms with Crippen LogP contribution in [0.15, 0.2) is 60.7 Å². The molecule has 1 heterocycles. The van der Waals surface area contributed by atoms with E-state index in [1.165, 1.54) is 52.0 Å². The van der Waals surface area contributed by atoms with Crippen LogP contribution in [0.1, 0.15) is 50.4 Å². The van der Waals surface area contributed by atoms with Crippen LogP contribution in [-0.4, -0.2) is 0 Å². The van der Waals surface area contributed by atoms with Crippen molar-refractivity contribution >= 4 is 0 Å². The molecule has 3 rings (SSSR count). The quantitative estimate of drug-likeness (QED) is 0.407. The molecule has 0 radical (unpaired) electrons. The topological polar surface area (TPSA) is 3.88 Å². The first-order valence-electron chi connectivity index (χ1n) is 10.7. The van der Waals surface area contributed by atoms with Gasteiger partial charge >= 0.3 is 0 Å². The van der Waals surface area contributed by atoms with Gasteiger partial charge in [0.15, 0.2) is 5.69 Å². The molecule has 0 unspecified atom stereocenters. The van der Waals surface area contributed by atoms with Crippen LogP contribution in [0, 0.1) is 12.8 Å². The molecule has 1 heteroatoms. The summed E-state index contributed by atoms with van der Waals surface area (Å²) in [6, 6.07) is 22.6. The van der Waals surface area contributed by atoms with Crippen molar-refractivity contribution in [2.75, 3.05) is 0 Å². The summed E-state index contributed by atoms with van der Waals surface area (Å²) in [5.74, 6) is 0.675. The Morgan fingerprint density at radius 1 is 0.893 bits per heavy atom. The second kappa shape index (κ2) is 9.19. The Morgan fingerprint density at radius 3 is 2.39 bits per heavy atom. The molecule has 0 atom stereocenters. The highest BCUT2D eigenvalue weighted by Gasteiger charge is 2.16. The molecule has 3 aromatic rings. The molecule has 0 saturated carbocycles. The zero-order chi connectivity index (χ0) is 20.1. The van der Waals surface area contributed by atoms with Gasteiger partial charge in [0, 0.05) is 24.1 Å². The Bertz CT molecular complexity index is 937. The Morgan fingerprint density at radius 2 is 1.64 bits per heavy atom. The van der Waals surface area contributed by atoms with E-state index >= 15 is 0 Å². The largest absolute Gasteiger partial charge is 0.212 e. The zero-order valence-electron chi connectivity index (χ0n) is 18.1. The van der Waals surface area contributed by atoms with Crippen molar-refractivity contribution in [3.8, 4) is 22.4 Å². The fourth-order valence-corrected chi connectivity index (χ4v) is 3.93. The molecule has 146 valence electrons. The first-order chi connectivity index (χ1) is 13.5. The maximum absolute atomic E-state index is 2.37. The van der Waals surface area contributed by atoms with Crippen LogP contribution in [0.5, 0.6) is 0 Å². The van der Waals surface area contributed by atoms with E-state index in [1.807, 2.05) is 0 Å². The van der Waals surface area contributed by atoms with Crippen molar-refractivity contribution in [1.29, 1.82) is 0 Å². The van der Waals surface area contributed by atoms with Gasteiger partial charge in [0.2, 0.25) is 5.69 Å². The Labute approximate surface area is 171 Å². The Balaban J connectivity index is 2.02. The van der Waals surface area contributed by atoms with E-state index in [4.69, 9.17) is 0 Å². The molecular formula is C27H34N+. The predicted octanol–water partition coefficient (Wildman–Crippen LogP) is 6.69. The van der Waals surface area contributed by atoms with Crippen molar-refractivity contribution in [3.05, 3.63) is 77.5 Å². The monoisotopic (exact) mass is 372 g/mol. The molecule has 0 bridgehead atoms. The molecule has 28 heavy (non-hydrogen) atoms. The van der Waals surface area contributed by atoms with E-state index < -0.39 is 0 Å². The summed E-state index contributed by atoms with van der Waals surface area (Å²) in [4.78, 5) is 0. The summed E-state index contributed by atoms with van der Waals surface area (Å²) >= 11 is 0. The van der Waals surface area contributed by atoms with Crippen LogP contribution in [0.25, 0.3) is 22.4 Å². The molecule has 0 aliphatic carbocycles. The fourth-order valence-electron chi connectivity index (χ4n) is 3.93. The predicted molar refractivity (Wildman–Crippen MR) is 120 cm³/mol. The van der Waals surface area contributed by atoms with Gasteiger partial charge in [0.25, 0.3) is 0 Å². The number of aryl methyl sites for hydroxylation is 2. The maximum Gasteiger partial charge on any atom is 0.212 e. The minimum absolute atomic E-state index is 0.675. The first-order valence-corrected chi connectivity index (χ1v) is 10.7. The van der Waals surface area contributed by atoms with Gasteiger partial charge in [0.1, 0.15) is 7.05 Å². The molecule has 0 amide bonds. The van der Waals surface area contributed by atoms with Crippen molar-refractivity contribution in [2.24, 2.45) is 13.0 Å². The number of unbranched alkanes of at least 4 members (excludes halogenated alkanes) is 1. The molecule has 0 saturated heterocycles. The number of rotatable bonds is 7. The van der Waals surface area contributed by atoms with Crippen molar-refractivity contribution < 1.29 is 4.57 Å². The van der Waals surface area contributed by atoms with E-state index in [0.717, 1.165) is 12.8 Å².